The van der Waals surface area contributed by atoms with Crippen molar-refractivity contribution < 1.29 is 4.79 Å². The van der Waals surface area contributed by atoms with Crippen molar-refractivity contribution in [3.63, 3.8) is 0 Å². The number of nitrogens with zero attached hydrogens (tertiary/aromatic N) is 1. The SMILES string of the molecule is O=C(c1cccc(Br)c1)c1cccc(CN2CCCC2)c1. The fourth-order valence-electron chi connectivity index (χ4n) is 2.81. The first-order valence-electron chi connectivity index (χ1n) is 7.34. The average molecular weight is 344 g/mol. The largest absolute Gasteiger partial charge is 0.299 e. The van der Waals surface area contributed by atoms with Gasteiger partial charge >= 0.3 is 0 Å². The van der Waals surface area contributed by atoms with Crippen LogP contribution in [0.3, 0.4) is 0 Å². The molecule has 3 rings (SSSR count). The Labute approximate surface area is 133 Å². The number of ketones is 1. The lowest BCUT2D eigenvalue weighted by Gasteiger charge is -2.15. The van der Waals surface area contributed by atoms with Crippen LogP contribution >= 0.6 is 15.9 Å². The van der Waals surface area contributed by atoms with Crippen LogP contribution in [-0.2, 0) is 6.54 Å². The first kappa shape index (κ1) is 14.5. The standard InChI is InChI=1S/C18H18BrNO/c19-17-8-4-7-16(12-17)18(21)15-6-3-5-14(11-15)13-20-9-1-2-10-20/h3-8,11-12H,1-2,9-10,13H2. The lowest BCUT2D eigenvalue weighted by Crippen LogP contribution is -2.18. The molecule has 21 heavy (non-hydrogen) atoms. The van der Waals surface area contributed by atoms with Crippen LogP contribution in [0.4, 0.5) is 0 Å². The zero-order valence-electron chi connectivity index (χ0n) is 11.9. The van der Waals surface area contributed by atoms with Crippen molar-refractivity contribution in [2.75, 3.05) is 13.1 Å². The van der Waals surface area contributed by atoms with E-state index in [4.69, 9.17) is 0 Å². The summed E-state index contributed by atoms with van der Waals surface area (Å²) in [5.41, 5.74) is 2.71. The molecule has 0 aromatic heterocycles. The second kappa shape index (κ2) is 6.54. The molecule has 0 radical (unpaired) electrons. The molecule has 1 fully saturated rings. The molecule has 0 saturated carbocycles. The van der Waals surface area contributed by atoms with Crippen molar-refractivity contribution >= 4 is 21.7 Å². The molecule has 0 unspecified atom stereocenters. The molecule has 3 heteroatoms. The van der Waals surface area contributed by atoms with Crippen molar-refractivity contribution in [2.45, 2.75) is 19.4 Å². The third kappa shape index (κ3) is 3.60. The summed E-state index contributed by atoms with van der Waals surface area (Å²) >= 11 is 3.42. The van der Waals surface area contributed by atoms with Gasteiger partial charge in [-0.25, -0.2) is 0 Å². The number of hydrogen-bond donors (Lipinski definition) is 0. The van der Waals surface area contributed by atoms with E-state index < -0.39 is 0 Å². The summed E-state index contributed by atoms with van der Waals surface area (Å²) in [4.78, 5) is 15.0. The summed E-state index contributed by atoms with van der Waals surface area (Å²) < 4.78 is 0.932. The zero-order chi connectivity index (χ0) is 14.7. The highest BCUT2D eigenvalue weighted by Gasteiger charge is 2.14. The second-order valence-electron chi connectivity index (χ2n) is 5.52. The summed E-state index contributed by atoms with van der Waals surface area (Å²) in [6, 6.07) is 15.6. The Morgan fingerprint density at radius 1 is 1.00 bits per heavy atom. The molecular formula is C18H18BrNO. The minimum Gasteiger partial charge on any atom is -0.299 e. The summed E-state index contributed by atoms with van der Waals surface area (Å²) in [7, 11) is 0. The van der Waals surface area contributed by atoms with Crippen molar-refractivity contribution in [1.82, 2.24) is 4.90 Å². The molecule has 0 aliphatic carbocycles. The average Bonchev–Trinajstić information content (AvgIpc) is 3.00. The number of rotatable bonds is 4. The molecule has 1 saturated heterocycles. The van der Waals surface area contributed by atoms with Crippen LogP contribution in [0.15, 0.2) is 53.0 Å². The van der Waals surface area contributed by atoms with E-state index in [9.17, 15) is 4.79 Å². The molecule has 1 heterocycles. The van der Waals surface area contributed by atoms with E-state index in [1.54, 1.807) is 0 Å². The molecule has 2 nitrogen and oxygen atoms in total. The van der Waals surface area contributed by atoms with E-state index in [0.29, 0.717) is 0 Å². The Balaban J connectivity index is 1.80. The monoisotopic (exact) mass is 343 g/mol. The molecule has 0 spiro atoms. The van der Waals surface area contributed by atoms with Gasteiger partial charge in [-0.1, -0.05) is 46.3 Å². The van der Waals surface area contributed by atoms with Crippen molar-refractivity contribution in [3.8, 4) is 0 Å². The lowest BCUT2D eigenvalue weighted by molar-refractivity contribution is 0.103. The van der Waals surface area contributed by atoms with Crippen LogP contribution in [0.25, 0.3) is 0 Å². The lowest BCUT2D eigenvalue weighted by atomic mass is 10.0. The van der Waals surface area contributed by atoms with Crippen LogP contribution in [0.5, 0.6) is 0 Å². The maximum atomic E-state index is 12.6. The van der Waals surface area contributed by atoms with E-state index in [2.05, 4.69) is 26.9 Å². The van der Waals surface area contributed by atoms with Gasteiger partial charge in [-0.3, -0.25) is 9.69 Å². The maximum Gasteiger partial charge on any atom is 0.193 e. The molecule has 1 aliphatic rings. The highest BCUT2D eigenvalue weighted by Crippen LogP contribution is 2.18. The van der Waals surface area contributed by atoms with Gasteiger partial charge in [-0.15, -0.1) is 0 Å². The highest BCUT2D eigenvalue weighted by atomic mass is 79.9. The summed E-state index contributed by atoms with van der Waals surface area (Å²) in [5, 5.41) is 0. The highest BCUT2D eigenvalue weighted by molar-refractivity contribution is 9.10. The Morgan fingerprint density at radius 2 is 1.67 bits per heavy atom. The van der Waals surface area contributed by atoms with Crippen LogP contribution < -0.4 is 0 Å². The topological polar surface area (TPSA) is 20.3 Å². The van der Waals surface area contributed by atoms with Crippen molar-refractivity contribution in [3.05, 3.63) is 69.7 Å². The third-order valence-corrected chi connectivity index (χ3v) is 4.37. The summed E-state index contributed by atoms with van der Waals surface area (Å²) in [6.07, 6.45) is 2.58. The van der Waals surface area contributed by atoms with Crippen LogP contribution in [0, 0.1) is 0 Å². The van der Waals surface area contributed by atoms with Crippen molar-refractivity contribution in [1.29, 1.82) is 0 Å². The van der Waals surface area contributed by atoms with Gasteiger partial charge < -0.3 is 0 Å². The first-order valence-corrected chi connectivity index (χ1v) is 8.13. The van der Waals surface area contributed by atoms with Gasteiger partial charge in [0.25, 0.3) is 0 Å². The summed E-state index contributed by atoms with van der Waals surface area (Å²) in [6.45, 7) is 3.28. The Bertz CT molecular complexity index is 647. The Kier molecular flexibility index (Phi) is 4.51. The number of likely N-dealkylation sites (tertiary alicyclic amines) is 1. The number of halogens is 1. The second-order valence-corrected chi connectivity index (χ2v) is 6.44. The maximum absolute atomic E-state index is 12.6. The number of carbonyl (C=O) groups excluding carboxylic acids is 1. The van der Waals surface area contributed by atoms with Crippen LogP contribution in [0.2, 0.25) is 0 Å². The zero-order valence-corrected chi connectivity index (χ0v) is 13.5. The molecule has 108 valence electrons. The fourth-order valence-corrected chi connectivity index (χ4v) is 3.21. The first-order chi connectivity index (χ1) is 10.2. The Morgan fingerprint density at radius 3 is 2.38 bits per heavy atom. The predicted octanol–water partition coefficient (Wildman–Crippen LogP) is 4.28. The van der Waals surface area contributed by atoms with Gasteiger partial charge in [0, 0.05) is 22.1 Å². The number of benzene rings is 2. The van der Waals surface area contributed by atoms with Gasteiger partial charge in [-0.05, 0) is 49.7 Å². The summed E-state index contributed by atoms with van der Waals surface area (Å²) in [5.74, 6) is 0.0829. The molecule has 2 aromatic carbocycles. The van der Waals surface area contributed by atoms with E-state index in [1.165, 1.54) is 31.5 Å². The molecule has 0 amide bonds. The number of carbonyl (C=O) groups is 1. The van der Waals surface area contributed by atoms with E-state index in [-0.39, 0.29) is 5.78 Å². The van der Waals surface area contributed by atoms with Gasteiger partial charge in [-0.2, -0.15) is 0 Å². The minimum atomic E-state index is 0.0829. The molecular weight excluding hydrogens is 326 g/mol. The predicted molar refractivity (Wildman–Crippen MR) is 88.5 cm³/mol. The van der Waals surface area contributed by atoms with Gasteiger partial charge in [0.2, 0.25) is 0 Å². The van der Waals surface area contributed by atoms with E-state index in [1.807, 2.05) is 42.5 Å². The Hall–Kier alpha value is -1.45. The van der Waals surface area contributed by atoms with Gasteiger partial charge in [0.05, 0.1) is 0 Å². The molecule has 0 atom stereocenters. The van der Waals surface area contributed by atoms with E-state index >= 15 is 0 Å². The van der Waals surface area contributed by atoms with Crippen LogP contribution in [0.1, 0.15) is 34.3 Å². The van der Waals surface area contributed by atoms with E-state index in [0.717, 1.165) is 22.1 Å². The molecule has 0 bridgehead atoms. The third-order valence-electron chi connectivity index (χ3n) is 3.88. The minimum absolute atomic E-state index is 0.0829. The van der Waals surface area contributed by atoms with Gasteiger partial charge in [0.1, 0.15) is 0 Å². The smallest absolute Gasteiger partial charge is 0.193 e. The van der Waals surface area contributed by atoms with Crippen molar-refractivity contribution in [2.24, 2.45) is 0 Å². The quantitative estimate of drug-likeness (QED) is 0.772. The van der Waals surface area contributed by atoms with Gasteiger partial charge in [0.15, 0.2) is 5.78 Å². The normalized spacial score (nSPS) is 15.3. The number of hydrogen-bond acceptors (Lipinski definition) is 2. The molecule has 0 N–H and O–H groups in total. The molecule has 1 aliphatic heterocycles. The van der Waals surface area contributed by atoms with Crippen LogP contribution in [-0.4, -0.2) is 23.8 Å². The molecule has 2 aromatic rings. The fraction of sp³-hybridized carbons (Fsp3) is 0.278.